The van der Waals surface area contributed by atoms with Crippen molar-refractivity contribution in [1.82, 2.24) is 5.32 Å². The number of benzene rings is 1. The number of hydrogen-bond acceptors (Lipinski definition) is 2. The van der Waals surface area contributed by atoms with Gasteiger partial charge in [0.1, 0.15) is 5.75 Å². The van der Waals surface area contributed by atoms with Gasteiger partial charge in [-0.2, -0.15) is 0 Å². The molecule has 1 aromatic carbocycles. The highest BCUT2D eigenvalue weighted by Gasteiger charge is 2.37. The molecule has 0 bridgehead atoms. The first kappa shape index (κ1) is 11.5. The topological polar surface area (TPSA) is 21.3 Å². The standard InChI is InChI=1S/C14H21NO/c1-4-16-12-7-5-6-11(8-12)13-9-14(15-3)10(13)2/h5-8,10,13-15H,4,9H2,1-3H3. The number of hydrogen-bond donors (Lipinski definition) is 1. The lowest BCUT2D eigenvalue weighted by Crippen LogP contribution is -2.46. The van der Waals surface area contributed by atoms with E-state index in [1.54, 1.807) is 0 Å². The van der Waals surface area contributed by atoms with Crippen LogP contribution in [-0.4, -0.2) is 19.7 Å². The molecule has 2 rings (SSSR count). The lowest BCUT2D eigenvalue weighted by molar-refractivity contribution is 0.194. The zero-order valence-corrected chi connectivity index (χ0v) is 10.4. The van der Waals surface area contributed by atoms with E-state index in [0.29, 0.717) is 12.0 Å². The monoisotopic (exact) mass is 219 g/mol. The number of ether oxygens (including phenoxy) is 1. The smallest absolute Gasteiger partial charge is 0.119 e. The second-order valence-corrected chi connectivity index (χ2v) is 4.60. The molecule has 2 heteroatoms. The summed E-state index contributed by atoms with van der Waals surface area (Å²) in [6.07, 6.45) is 1.24. The van der Waals surface area contributed by atoms with Crippen LogP contribution in [0, 0.1) is 5.92 Å². The molecular weight excluding hydrogens is 198 g/mol. The molecule has 1 fully saturated rings. The fourth-order valence-electron chi connectivity index (χ4n) is 2.61. The molecule has 0 amide bonds. The van der Waals surface area contributed by atoms with Crippen LogP contribution in [0.3, 0.4) is 0 Å². The van der Waals surface area contributed by atoms with Crippen LogP contribution in [0.1, 0.15) is 31.7 Å². The minimum absolute atomic E-state index is 0.681. The Kier molecular flexibility index (Phi) is 3.49. The van der Waals surface area contributed by atoms with E-state index in [9.17, 15) is 0 Å². The van der Waals surface area contributed by atoms with Crippen molar-refractivity contribution in [2.75, 3.05) is 13.7 Å². The van der Waals surface area contributed by atoms with Gasteiger partial charge in [0.15, 0.2) is 0 Å². The third kappa shape index (κ3) is 2.07. The summed E-state index contributed by atoms with van der Waals surface area (Å²) in [5.74, 6) is 2.42. The lowest BCUT2D eigenvalue weighted by Gasteiger charge is -2.43. The Morgan fingerprint density at radius 2 is 2.25 bits per heavy atom. The summed E-state index contributed by atoms with van der Waals surface area (Å²) >= 11 is 0. The first-order valence-electron chi connectivity index (χ1n) is 6.16. The molecule has 0 spiro atoms. The number of rotatable bonds is 4. The van der Waals surface area contributed by atoms with E-state index in [4.69, 9.17) is 4.74 Å². The lowest BCUT2D eigenvalue weighted by atomic mass is 9.67. The van der Waals surface area contributed by atoms with Crippen molar-refractivity contribution in [1.29, 1.82) is 0 Å². The molecule has 0 radical (unpaired) electrons. The largest absolute Gasteiger partial charge is 0.494 e. The highest BCUT2D eigenvalue weighted by molar-refractivity contribution is 5.33. The van der Waals surface area contributed by atoms with Gasteiger partial charge in [0.05, 0.1) is 6.61 Å². The summed E-state index contributed by atoms with van der Waals surface area (Å²) in [5, 5.41) is 3.36. The zero-order valence-electron chi connectivity index (χ0n) is 10.4. The third-order valence-electron chi connectivity index (χ3n) is 3.75. The number of nitrogens with one attached hydrogen (secondary N) is 1. The average molecular weight is 219 g/mol. The predicted octanol–water partition coefficient (Wildman–Crippen LogP) is 2.80. The maximum absolute atomic E-state index is 5.54. The van der Waals surface area contributed by atoms with Gasteiger partial charge in [0, 0.05) is 6.04 Å². The maximum Gasteiger partial charge on any atom is 0.119 e. The van der Waals surface area contributed by atoms with Crippen LogP contribution in [0.25, 0.3) is 0 Å². The molecule has 88 valence electrons. The van der Waals surface area contributed by atoms with Crippen molar-refractivity contribution in [2.45, 2.75) is 32.2 Å². The van der Waals surface area contributed by atoms with E-state index in [1.807, 2.05) is 20.0 Å². The van der Waals surface area contributed by atoms with Crippen molar-refractivity contribution >= 4 is 0 Å². The van der Waals surface area contributed by atoms with E-state index in [2.05, 4.69) is 30.4 Å². The fourth-order valence-corrected chi connectivity index (χ4v) is 2.61. The minimum atomic E-state index is 0.681. The molecule has 1 aliphatic rings. The van der Waals surface area contributed by atoms with Crippen molar-refractivity contribution in [3.05, 3.63) is 29.8 Å². The van der Waals surface area contributed by atoms with Crippen LogP contribution in [0.4, 0.5) is 0 Å². The van der Waals surface area contributed by atoms with E-state index < -0.39 is 0 Å². The summed E-state index contributed by atoms with van der Waals surface area (Å²) < 4.78 is 5.54. The van der Waals surface area contributed by atoms with Crippen LogP contribution in [-0.2, 0) is 0 Å². The molecule has 1 saturated carbocycles. The molecule has 3 atom stereocenters. The van der Waals surface area contributed by atoms with Crippen molar-refractivity contribution in [3.8, 4) is 5.75 Å². The highest BCUT2D eigenvalue weighted by Crippen LogP contribution is 2.42. The molecule has 2 nitrogen and oxygen atoms in total. The Hall–Kier alpha value is -1.02. The summed E-state index contributed by atoms with van der Waals surface area (Å²) in [6.45, 7) is 5.08. The molecule has 1 N–H and O–H groups in total. The minimum Gasteiger partial charge on any atom is -0.494 e. The first-order valence-corrected chi connectivity index (χ1v) is 6.16. The summed E-state index contributed by atoms with van der Waals surface area (Å²) in [7, 11) is 2.05. The van der Waals surface area contributed by atoms with Gasteiger partial charge < -0.3 is 10.1 Å². The van der Waals surface area contributed by atoms with Gasteiger partial charge in [-0.3, -0.25) is 0 Å². The van der Waals surface area contributed by atoms with E-state index in [-0.39, 0.29) is 0 Å². The molecule has 16 heavy (non-hydrogen) atoms. The van der Waals surface area contributed by atoms with E-state index >= 15 is 0 Å². The molecule has 0 heterocycles. The Balaban J connectivity index is 2.07. The SMILES string of the molecule is CCOc1cccc(C2CC(NC)C2C)c1. The molecule has 0 aliphatic heterocycles. The second-order valence-electron chi connectivity index (χ2n) is 4.60. The Labute approximate surface area is 98.0 Å². The molecular formula is C14H21NO. The van der Waals surface area contributed by atoms with Gasteiger partial charge in [0.25, 0.3) is 0 Å². The summed E-state index contributed by atoms with van der Waals surface area (Å²) in [4.78, 5) is 0. The summed E-state index contributed by atoms with van der Waals surface area (Å²) in [6, 6.07) is 9.22. The van der Waals surface area contributed by atoms with Crippen LogP contribution in [0.2, 0.25) is 0 Å². The van der Waals surface area contributed by atoms with Gasteiger partial charge in [-0.15, -0.1) is 0 Å². The zero-order chi connectivity index (χ0) is 11.5. The van der Waals surface area contributed by atoms with Crippen LogP contribution >= 0.6 is 0 Å². The molecule has 0 saturated heterocycles. The summed E-state index contributed by atoms with van der Waals surface area (Å²) in [5.41, 5.74) is 1.42. The molecule has 1 aromatic rings. The normalized spacial score (nSPS) is 28.6. The Morgan fingerprint density at radius 1 is 1.44 bits per heavy atom. The van der Waals surface area contributed by atoms with Crippen LogP contribution in [0.15, 0.2) is 24.3 Å². The van der Waals surface area contributed by atoms with E-state index in [1.165, 1.54) is 12.0 Å². The fraction of sp³-hybridized carbons (Fsp3) is 0.571. The van der Waals surface area contributed by atoms with Gasteiger partial charge >= 0.3 is 0 Å². The molecule has 1 aliphatic carbocycles. The van der Waals surface area contributed by atoms with Crippen LogP contribution < -0.4 is 10.1 Å². The second kappa shape index (κ2) is 4.88. The average Bonchev–Trinajstić information content (AvgIpc) is 2.29. The quantitative estimate of drug-likeness (QED) is 0.840. The highest BCUT2D eigenvalue weighted by atomic mass is 16.5. The van der Waals surface area contributed by atoms with E-state index in [0.717, 1.165) is 18.3 Å². The van der Waals surface area contributed by atoms with Crippen molar-refractivity contribution in [2.24, 2.45) is 5.92 Å². The predicted molar refractivity (Wildman–Crippen MR) is 67.0 cm³/mol. The van der Waals surface area contributed by atoms with Crippen molar-refractivity contribution < 1.29 is 4.74 Å². The van der Waals surface area contributed by atoms with Crippen molar-refractivity contribution in [3.63, 3.8) is 0 Å². The maximum atomic E-state index is 5.54. The van der Waals surface area contributed by atoms with Crippen LogP contribution in [0.5, 0.6) is 5.75 Å². The Morgan fingerprint density at radius 3 is 2.88 bits per heavy atom. The third-order valence-corrected chi connectivity index (χ3v) is 3.75. The van der Waals surface area contributed by atoms with Gasteiger partial charge in [-0.25, -0.2) is 0 Å². The Bertz CT molecular complexity index is 350. The first-order chi connectivity index (χ1) is 7.76. The van der Waals surface area contributed by atoms with Gasteiger partial charge in [-0.1, -0.05) is 19.1 Å². The molecule has 3 unspecified atom stereocenters. The van der Waals surface area contributed by atoms with Gasteiger partial charge in [-0.05, 0) is 49.9 Å². The molecule has 0 aromatic heterocycles. The van der Waals surface area contributed by atoms with Gasteiger partial charge in [0.2, 0.25) is 0 Å².